The third kappa shape index (κ3) is 5.47. The summed E-state index contributed by atoms with van der Waals surface area (Å²) < 4.78 is 59.0. The Balaban J connectivity index is 1.47. The number of amides is 1. The van der Waals surface area contributed by atoms with E-state index in [1.165, 1.54) is 0 Å². The number of sulfonamides is 1. The van der Waals surface area contributed by atoms with Crippen LogP contribution in [0.5, 0.6) is 5.75 Å². The number of carbonyl (C=O) groups is 1. The highest BCUT2D eigenvalue weighted by molar-refractivity contribution is 7.89. The first-order chi connectivity index (χ1) is 14.3. The van der Waals surface area contributed by atoms with Crippen molar-refractivity contribution >= 4 is 27.5 Å². The van der Waals surface area contributed by atoms with Gasteiger partial charge >= 0.3 is 0 Å². The molecule has 2 aromatic carbocycles. The largest absolute Gasteiger partial charge is 0.492 e. The molecular weight excluding hydrogens is 438 g/mol. The number of halogens is 3. The summed E-state index contributed by atoms with van der Waals surface area (Å²) in [6.45, 7) is 0.684. The fraction of sp³-hybridized carbons (Fsp3) is 0.350. The Morgan fingerprint density at radius 2 is 1.80 bits per heavy atom. The SMILES string of the molecule is O=C(NCCOc1ccc(Cl)cc1)C1CCN(S(=O)(=O)c2cc(F)ccc2F)CC1. The van der Waals surface area contributed by atoms with Crippen LogP contribution >= 0.6 is 11.6 Å². The van der Waals surface area contributed by atoms with Crippen LogP contribution in [0.15, 0.2) is 47.4 Å². The minimum atomic E-state index is -4.16. The number of rotatable bonds is 7. The van der Waals surface area contributed by atoms with Gasteiger partial charge in [-0.25, -0.2) is 17.2 Å². The monoisotopic (exact) mass is 458 g/mol. The van der Waals surface area contributed by atoms with E-state index in [2.05, 4.69) is 5.32 Å². The Kier molecular flexibility index (Phi) is 7.27. The van der Waals surface area contributed by atoms with Gasteiger partial charge in [-0.2, -0.15) is 4.31 Å². The molecule has 0 aliphatic carbocycles. The van der Waals surface area contributed by atoms with E-state index in [-0.39, 0.29) is 31.5 Å². The highest BCUT2D eigenvalue weighted by Gasteiger charge is 2.33. The second kappa shape index (κ2) is 9.72. The van der Waals surface area contributed by atoms with E-state index in [9.17, 15) is 22.0 Å². The number of piperidine rings is 1. The predicted molar refractivity (Wildman–Crippen MR) is 108 cm³/mol. The van der Waals surface area contributed by atoms with Crippen LogP contribution in [-0.2, 0) is 14.8 Å². The molecule has 2 aromatic rings. The Morgan fingerprint density at radius 3 is 2.47 bits per heavy atom. The smallest absolute Gasteiger partial charge is 0.246 e. The predicted octanol–water partition coefficient (Wildman–Crippen LogP) is 3.21. The van der Waals surface area contributed by atoms with Crippen molar-refractivity contribution in [3.8, 4) is 5.75 Å². The van der Waals surface area contributed by atoms with Crippen molar-refractivity contribution in [2.75, 3.05) is 26.2 Å². The minimum absolute atomic E-state index is 0.0532. The second-order valence-electron chi connectivity index (χ2n) is 6.85. The lowest BCUT2D eigenvalue weighted by molar-refractivity contribution is -0.126. The number of benzene rings is 2. The molecule has 1 N–H and O–H groups in total. The standard InChI is InChI=1S/C20H21ClF2N2O4S/c21-15-1-4-17(5-2-15)29-12-9-24-20(26)14-7-10-25(11-8-14)30(27,28)19-13-16(22)3-6-18(19)23/h1-6,13-14H,7-12H2,(H,24,26). The summed E-state index contributed by atoms with van der Waals surface area (Å²) >= 11 is 5.80. The first-order valence-electron chi connectivity index (χ1n) is 9.38. The molecule has 3 rings (SSSR count). The van der Waals surface area contributed by atoms with Gasteiger partial charge in [0.2, 0.25) is 15.9 Å². The molecule has 1 aliphatic heterocycles. The van der Waals surface area contributed by atoms with Crippen molar-refractivity contribution in [1.29, 1.82) is 0 Å². The third-order valence-corrected chi connectivity index (χ3v) is 6.99. The van der Waals surface area contributed by atoms with Gasteiger partial charge in [0, 0.05) is 24.0 Å². The summed E-state index contributed by atoms with van der Waals surface area (Å²) in [6.07, 6.45) is 0.583. The van der Waals surface area contributed by atoms with Crippen LogP contribution in [-0.4, -0.2) is 44.9 Å². The Morgan fingerprint density at radius 1 is 1.13 bits per heavy atom. The minimum Gasteiger partial charge on any atom is -0.492 e. The third-order valence-electron chi connectivity index (χ3n) is 4.82. The molecule has 0 saturated carbocycles. The van der Waals surface area contributed by atoms with Crippen LogP contribution in [0.2, 0.25) is 5.02 Å². The van der Waals surface area contributed by atoms with E-state index in [0.717, 1.165) is 16.4 Å². The van der Waals surface area contributed by atoms with E-state index >= 15 is 0 Å². The zero-order valence-corrected chi connectivity index (χ0v) is 17.6. The maximum Gasteiger partial charge on any atom is 0.246 e. The Bertz CT molecular complexity index is 994. The van der Waals surface area contributed by atoms with Crippen LogP contribution in [0.4, 0.5) is 8.78 Å². The fourth-order valence-corrected chi connectivity index (χ4v) is 4.86. The van der Waals surface area contributed by atoms with Crippen molar-refractivity contribution in [3.63, 3.8) is 0 Å². The van der Waals surface area contributed by atoms with Gasteiger partial charge in [0.05, 0.1) is 6.54 Å². The van der Waals surface area contributed by atoms with E-state index in [4.69, 9.17) is 16.3 Å². The summed E-state index contributed by atoms with van der Waals surface area (Å²) in [6, 6.07) is 9.17. The lowest BCUT2D eigenvalue weighted by Gasteiger charge is -2.30. The summed E-state index contributed by atoms with van der Waals surface area (Å²) in [5.74, 6) is -1.74. The van der Waals surface area contributed by atoms with Crippen LogP contribution in [0.3, 0.4) is 0 Å². The van der Waals surface area contributed by atoms with Gasteiger partial charge in [-0.3, -0.25) is 4.79 Å². The number of nitrogens with zero attached hydrogens (tertiary/aromatic N) is 1. The molecule has 0 radical (unpaired) electrons. The number of nitrogens with one attached hydrogen (secondary N) is 1. The topological polar surface area (TPSA) is 75.7 Å². The average molecular weight is 459 g/mol. The van der Waals surface area contributed by atoms with E-state index in [1.807, 2.05) is 0 Å². The van der Waals surface area contributed by atoms with Gasteiger partial charge in [-0.1, -0.05) is 11.6 Å². The lowest BCUT2D eigenvalue weighted by atomic mass is 9.97. The van der Waals surface area contributed by atoms with Gasteiger partial charge in [0.1, 0.15) is 28.9 Å². The summed E-state index contributed by atoms with van der Waals surface area (Å²) in [4.78, 5) is 11.6. The Hall–Kier alpha value is -2.23. The molecule has 0 bridgehead atoms. The summed E-state index contributed by atoms with van der Waals surface area (Å²) in [5.41, 5.74) is 0. The van der Waals surface area contributed by atoms with Crippen molar-refractivity contribution in [1.82, 2.24) is 9.62 Å². The molecule has 10 heteroatoms. The molecule has 6 nitrogen and oxygen atoms in total. The van der Waals surface area contributed by atoms with Crippen LogP contribution < -0.4 is 10.1 Å². The van der Waals surface area contributed by atoms with Gasteiger partial charge in [0.15, 0.2) is 0 Å². The lowest BCUT2D eigenvalue weighted by Crippen LogP contribution is -2.43. The van der Waals surface area contributed by atoms with Crippen molar-refractivity contribution in [3.05, 3.63) is 59.1 Å². The van der Waals surface area contributed by atoms with Crippen LogP contribution in [0.25, 0.3) is 0 Å². The molecule has 1 saturated heterocycles. The number of ether oxygens (including phenoxy) is 1. The molecule has 0 spiro atoms. The summed E-state index contributed by atoms with van der Waals surface area (Å²) in [7, 11) is -4.16. The number of hydrogen-bond donors (Lipinski definition) is 1. The van der Waals surface area contributed by atoms with Crippen molar-refractivity contribution in [2.45, 2.75) is 17.7 Å². The molecule has 1 aliphatic rings. The number of hydrogen-bond acceptors (Lipinski definition) is 4. The molecule has 162 valence electrons. The van der Waals surface area contributed by atoms with Gasteiger partial charge in [-0.05, 0) is 55.3 Å². The van der Waals surface area contributed by atoms with E-state index < -0.39 is 26.6 Å². The van der Waals surface area contributed by atoms with E-state index in [1.54, 1.807) is 24.3 Å². The molecule has 0 unspecified atom stereocenters. The van der Waals surface area contributed by atoms with Crippen molar-refractivity contribution in [2.24, 2.45) is 5.92 Å². The molecule has 1 heterocycles. The fourth-order valence-electron chi connectivity index (χ4n) is 3.19. The van der Waals surface area contributed by atoms with Crippen molar-refractivity contribution < 1.29 is 26.7 Å². The first-order valence-corrected chi connectivity index (χ1v) is 11.2. The van der Waals surface area contributed by atoms with Crippen LogP contribution in [0.1, 0.15) is 12.8 Å². The molecule has 1 amide bonds. The highest BCUT2D eigenvalue weighted by Crippen LogP contribution is 2.26. The molecule has 1 fully saturated rings. The summed E-state index contributed by atoms with van der Waals surface area (Å²) in [5, 5.41) is 3.37. The zero-order valence-electron chi connectivity index (χ0n) is 16.0. The first kappa shape index (κ1) is 22.5. The second-order valence-corrected chi connectivity index (χ2v) is 9.19. The zero-order chi connectivity index (χ0) is 21.7. The Labute approximate surface area is 178 Å². The van der Waals surface area contributed by atoms with Gasteiger partial charge in [-0.15, -0.1) is 0 Å². The molecule has 30 heavy (non-hydrogen) atoms. The highest BCUT2D eigenvalue weighted by atomic mass is 35.5. The van der Waals surface area contributed by atoms with Crippen LogP contribution in [0, 0.1) is 17.6 Å². The van der Waals surface area contributed by atoms with Gasteiger partial charge in [0.25, 0.3) is 0 Å². The number of carbonyl (C=O) groups excluding carboxylic acids is 1. The quantitative estimate of drug-likeness (QED) is 0.646. The molecular formula is C20H21ClF2N2O4S. The normalized spacial score (nSPS) is 15.7. The maximum atomic E-state index is 13.9. The molecule has 0 aromatic heterocycles. The maximum absolute atomic E-state index is 13.9. The van der Waals surface area contributed by atoms with E-state index in [0.29, 0.717) is 36.2 Å². The molecule has 0 atom stereocenters. The van der Waals surface area contributed by atoms with Gasteiger partial charge < -0.3 is 10.1 Å². The average Bonchev–Trinajstić information content (AvgIpc) is 2.74.